The van der Waals surface area contributed by atoms with Gasteiger partial charge in [0.25, 0.3) is 11.8 Å². The molecular formula is C17H14FN5O2. The third-order valence-electron chi connectivity index (χ3n) is 3.27. The molecule has 0 atom stereocenters. The van der Waals surface area contributed by atoms with Gasteiger partial charge in [0.2, 0.25) is 0 Å². The first-order valence-electron chi connectivity index (χ1n) is 7.35. The quantitative estimate of drug-likeness (QED) is 0.548. The Hall–Kier alpha value is -3.68. The number of hydrogen-bond donors (Lipinski definition) is 4. The highest BCUT2D eigenvalue weighted by Gasteiger charge is 2.14. The second-order valence-electron chi connectivity index (χ2n) is 5.03. The molecule has 8 heteroatoms. The van der Waals surface area contributed by atoms with Crippen molar-refractivity contribution in [3.63, 3.8) is 0 Å². The molecule has 0 bridgehead atoms. The van der Waals surface area contributed by atoms with Gasteiger partial charge in [-0.05, 0) is 42.5 Å². The SMILES string of the molecule is O=C(NNC(=O)c1cccnc1Nc1cccc(F)c1)c1ccc[nH]1. The Labute approximate surface area is 142 Å². The fourth-order valence-electron chi connectivity index (χ4n) is 2.11. The van der Waals surface area contributed by atoms with Crippen molar-refractivity contribution < 1.29 is 14.0 Å². The van der Waals surface area contributed by atoms with E-state index in [9.17, 15) is 14.0 Å². The molecule has 25 heavy (non-hydrogen) atoms. The molecule has 0 aliphatic heterocycles. The number of anilines is 2. The van der Waals surface area contributed by atoms with Crippen LogP contribution in [0.1, 0.15) is 20.8 Å². The van der Waals surface area contributed by atoms with Crippen LogP contribution in [-0.4, -0.2) is 21.8 Å². The molecule has 0 fully saturated rings. The van der Waals surface area contributed by atoms with E-state index in [-0.39, 0.29) is 11.4 Å². The van der Waals surface area contributed by atoms with Crippen LogP contribution in [-0.2, 0) is 0 Å². The van der Waals surface area contributed by atoms with Crippen LogP contribution in [0.15, 0.2) is 60.9 Å². The van der Waals surface area contributed by atoms with Gasteiger partial charge < -0.3 is 10.3 Å². The van der Waals surface area contributed by atoms with Crippen molar-refractivity contribution in [2.24, 2.45) is 0 Å². The Kier molecular flexibility index (Phi) is 4.70. The van der Waals surface area contributed by atoms with E-state index >= 15 is 0 Å². The molecule has 4 N–H and O–H groups in total. The summed E-state index contributed by atoms with van der Waals surface area (Å²) in [5.41, 5.74) is 5.56. The Morgan fingerprint density at radius 1 is 1.00 bits per heavy atom. The van der Waals surface area contributed by atoms with Crippen molar-refractivity contribution in [3.8, 4) is 0 Å². The van der Waals surface area contributed by atoms with Gasteiger partial charge in [0.05, 0.1) is 5.56 Å². The van der Waals surface area contributed by atoms with Crippen molar-refractivity contribution in [3.05, 3.63) is 78.0 Å². The standard InChI is InChI=1S/C17H14FN5O2/c18-11-4-1-5-12(10-11)21-15-13(6-2-9-20-15)16(24)22-23-17(25)14-7-3-8-19-14/h1-10,19H,(H,20,21)(H,22,24)(H,23,25). The lowest BCUT2D eigenvalue weighted by Crippen LogP contribution is -2.42. The van der Waals surface area contributed by atoms with Gasteiger partial charge in [-0.2, -0.15) is 0 Å². The summed E-state index contributed by atoms with van der Waals surface area (Å²) in [7, 11) is 0. The van der Waals surface area contributed by atoms with Gasteiger partial charge in [-0.15, -0.1) is 0 Å². The minimum atomic E-state index is -0.563. The van der Waals surface area contributed by atoms with Gasteiger partial charge in [0.1, 0.15) is 17.3 Å². The highest BCUT2D eigenvalue weighted by Crippen LogP contribution is 2.18. The molecule has 0 unspecified atom stereocenters. The summed E-state index contributed by atoms with van der Waals surface area (Å²) in [5.74, 6) is -1.22. The summed E-state index contributed by atoms with van der Waals surface area (Å²) in [5, 5.41) is 2.88. The molecule has 1 aromatic carbocycles. The van der Waals surface area contributed by atoms with E-state index in [2.05, 4.69) is 26.1 Å². The third-order valence-corrected chi connectivity index (χ3v) is 3.27. The maximum atomic E-state index is 13.3. The van der Waals surface area contributed by atoms with Crippen molar-refractivity contribution in [2.45, 2.75) is 0 Å². The number of halogens is 1. The van der Waals surface area contributed by atoms with E-state index in [0.29, 0.717) is 11.4 Å². The van der Waals surface area contributed by atoms with Crippen molar-refractivity contribution in [1.29, 1.82) is 0 Å². The van der Waals surface area contributed by atoms with Gasteiger partial charge in [-0.3, -0.25) is 20.4 Å². The summed E-state index contributed by atoms with van der Waals surface area (Å²) in [6.45, 7) is 0. The minimum absolute atomic E-state index is 0.193. The number of amides is 2. The fraction of sp³-hybridized carbons (Fsp3) is 0. The molecule has 2 heterocycles. The van der Waals surface area contributed by atoms with Gasteiger partial charge in [-0.25, -0.2) is 9.37 Å². The lowest BCUT2D eigenvalue weighted by atomic mass is 10.2. The molecule has 0 saturated carbocycles. The van der Waals surface area contributed by atoms with Gasteiger partial charge in [0, 0.05) is 18.1 Å². The average molecular weight is 339 g/mol. The monoisotopic (exact) mass is 339 g/mol. The van der Waals surface area contributed by atoms with Crippen molar-refractivity contribution in [2.75, 3.05) is 5.32 Å². The topological polar surface area (TPSA) is 98.9 Å². The first-order chi connectivity index (χ1) is 12.1. The molecule has 0 aliphatic carbocycles. The molecule has 2 amide bonds. The zero-order valence-electron chi connectivity index (χ0n) is 12.9. The molecule has 0 aliphatic rings. The normalized spacial score (nSPS) is 10.1. The van der Waals surface area contributed by atoms with Gasteiger partial charge >= 0.3 is 0 Å². The van der Waals surface area contributed by atoms with Crippen LogP contribution in [0.25, 0.3) is 0 Å². The summed E-state index contributed by atoms with van der Waals surface area (Å²) in [4.78, 5) is 30.9. The summed E-state index contributed by atoms with van der Waals surface area (Å²) >= 11 is 0. The van der Waals surface area contributed by atoms with Crippen LogP contribution >= 0.6 is 0 Å². The molecule has 0 radical (unpaired) electrons. The third kappa shape index (κ3) is 3.99. The van der Waals surface area contributed by atoms with Gasteiger partial charge in [0.15, 0.2) is 0 Å². The highest BCUT2D eigenvalue weighted by atomic mass is 19.1. The number of rotatable bonds is 4. The summed E-state index contributed by atoms with van der Waals surface area (Å²) in [6.07, 6.45) is 3.09. The zero-order valence-corrected chi connectivity index (χ0v) is 12.9. The van der Waals surface area contributed by atoms with E-state index in [1.54, 1.807) is 30.5 Å². The minimum Gasteiger partial charge on any atom is -0.357 e. The smallest absolute Gasteiger partial charge is 0.286 e. The zero-order chi connectivity index (χ0) is 17.6. The fourth-order valence-corrected chi connectivity index (χ4v) is 2.11. The molecule has 0 saturated heterocycles. The number of hydrogen-bond acceptors (Lipinski definition) is 4. The Bertz CT molecular complexity index is 896. The summed E-state index contributed by atoms with van der Waals surface area (Å²) in [6, 6.07) is 12.1. The molecule has 7 nitrogen and oxygen atoms in total. The molecule has 0 spiro atoms. The largest absolute Gasteiger partial charge is 0.357 e. The number of carbonyl (C=O) groups is 2. The lowest BCUT2D eigenvalue weighted by molar-refractivity contribution is 0.0844. The number of carbonyl (C=O) groups excluding carboxylic acids is 2. The van der Waals surface area contributed by atoms with E-state index < -0.39 is 17.6 Å². The number of aromatic nitrogens is 2. The van der Waals surface area contributed by atoms with E-state index in [1.807, 2.05) is 0 Å². The Morgan fingerprint density at radius 2 is 1.84 bits per heavy atom. The van der Waals surface area contributed by atoms with Crippen LogP contribution in [0.3, 0.4) is 0 Å². The van der Waals surface area contributed by atoms with E-state index in [0.717, 1.165) is 0 Å². The number of benzene rings is 1. The van der Waals surface area contributed by atoms with Crippen molar-refractivity contribution in [1.82, 2.24) is 20.8 Å². The highest BCUT2D eigenvalue weighted by molar-refractivity contribution is 6.01. The van der Waals surface area contributed by atoms with E-state index in [4.69, 9.17) is 0 Å². The van der Waals surface area contributed by atoms with Crippen LogP contribution in [0.2, 0.25) is 0 Å². The molecule has 126 valence electrons. The summed E-state index contributed by atoms with van der Waals surface area (Å²) < 4.78 is 13.3. The number of H-pyrrole nitrogens is 1. The average Bonchev–Trinajstić information content (AvgIpc) is 3.15. The maximum absolute atomic E-state index is 13.3. The van der Waals surface area contributed by atoms with Crippen molar-refractivity contribution >= 4 is 23.3 Å². The number of nitrogens with one attached hydrogen (secondary N) is 4. The predicted octanol–water partition coefficient (Wildman–Crippen LogP) is 2.37. The Balaban J connectivity index is 1.71. The predicted molar refractivity (Wildman–Crippen MR) is 89.6 cm³/mol. The number of aromatic amines is 1. The molecule has 2 aromatic heterocycles. The van der Waals surface area contributed by atoms with Crippen LogP contribution < -0.4 is 16.2 Å². The number of nitrogens with zero attached hydrogens (tertiary/aromatic N) is 1. The first-order valence-corrected chi connectivity index (χ1v) is 7.35. The van der Waals surface area contributed by atoms with Crippen LogP contribution in [0, 0.1) is 5.82 Å². The first kappa shape index (κ1) is 16.2. The molecule has 3 rings (SSSR count). The molecule has 3 aromatic rings. The number of pyridine rings is 1. The second-order valence-corrected chi connectivity index (χ2v) is 5.03. The number of hydrazine groups is 1. The lowest BCUT2D eigenvalue weighted by Gasteiger charge is -2.11. The Morgan fingerprint density at radius 3 is 2.60 bits per heavy atom. The van der Waals surface area contributed by atoms with Crippen LogP contribution in [0.5, 0.6) is 0 Å². The van der Waals surface area contributed by atoms with E-state index in [1.165, 1.54) is 30.5 Å². The van der Waals surface area contributed by atoms with Crippen LogP contribution in [0.4, 0.5) is 15.9 Å². The second kappa shape index (κ2) is 7.26. The van der Waals surface area contributed by atoms with Gasteiger partial charge in [-0.1, -0.05) is 6.07 Å². The maximum Gasteiger partial charge on any atom is 0.286 e. The molecular weight excluding hydrogens is 325 g/mol.